The third kappa shape index (κ3) is 11.1. The third-order valence-corrected chi connectivity index (χ3v) is 3.19. The molecule has 0 spiro atoms. The second-order valence-corrected chi connectivity index (χ2v) is 5.40. The number of rotatable bonds is 7. The molecule has 0 saturated heterocycles. The van der Waals surface area contributed by atoms with Crippen LogP contribution in [0, 0.1) is 5.82 Å². The van der Waals surface area contributed by atoms with Gasteiger partial charge in [-0.1, -0.05) is 6.42 Å². The van der Waals surface area contributed by atoms with Gasteiger partial charge >= 0.3 is 11.7 Å². The summed E-state index contributed by atoms with van der Waals surface area (Å²) in [6, 6.07) is 0. The van der Waals surface area contributed by atoms with Crippen molar-refractivity contribution in [2.24, 2.45) is 0 Å². The van der Waals surface area contributed by atoms with Gasteiger partial charge in [0, 0.05) is 17.9 Å². The summed E-state index contributed by atoms with van der Waals surface area (Å²) >= 11 is 8.43. The maximum absolute atomic E-state index is 12.0. The fraction of sp³-hybridized carbons (Fsp3) is 0.583. The Balaban J connectivity index is 0.000000394. The van der Waals surface area contributed by atoms with Gasteiger partial charge in [-0.15, -0.1) is 0 Å². The fourth-order valence-corrected chi connectivity index (χ4v) is 2.17. The zero-order valence-electron chi connectivity index (χ0n) is 11.3. The second-order valence-electron chi connectivity index (χ2n) is 4.23. The predicted molar refractivity (Wildman–Crippen MR) is 85.0 cm³/mol. The van der Waals surface area contributed by atoms with Crippen molar-refractivity contribution < 1.29 is 14.3 Å². The SMILES string of the molecule is O=C(O)CCCCC(S)CCS.O=c1[nH]cc(F)c(=O)[nH]1. The van der Waals surface area contributed by atoms with Crippen LogP contribution in [0.3, 0.4) is 0 Å². The lowest BCUT2D eigenvalue weighted by Crippen LogP contribution is -2.23. The number of thiol groups is 2. The van der Waals surface area contributed by atoms with E-state index in [0.29, 0.717) is 11.4 Å². The number of hydrogen-bond acceptors (Lipinski definition) is 5. The van der Waals surface area contributed by atoms with E-state index < -0.39 is 23.0 Å². The molecular formula is C12H19FN2O4S2. The molecule has 6 nitrogen and oxygen atoms in total. The Morgan fingerprint density at radius 3 is 2.48 bits per heavy atom. The van der Waals surface area contributed by atoms with Gasteiger partial charge in [-0.05, 0) is 25.0 Å². The largest absolute Gasteiger partial charge is 0.481 e. The molecule has 120 valence electrons. The minimum absolute atomic E-state index is 0.279. The van der Waals surface area contributed by atoms with E-state index in [1.54, 1.807) is 4.98 Å². The normalized spacial score (nSPS) is 11.4. The molecule has 1 unspecified atom stereocenters. The first-order chi connectivity index (χ1) is 9.86. The molecule has 0 aliphatic heterocycles. The zero-order valence-corrected chi connectivity index (χ0v) is 13.1. The summed E-state index contributed by atoms with van der Waals surface area (Å²) in [7, 11) is 0. The number of nitrogens with one attached hydrogen (secondary N) is 2. The lowest BCUT2D eigenvalue weighted by Gasteiger charge is -2.06. The van der Waals surface area contributed by atoms with Gasteiger partial charge in [-0.3, -0.25) is 14.6 Å². The molecule has 0 aromatic carbocycles. The molecule has 0 radical (unpaired) electrons. The van der Waals surface area contributed by atoms with Gasteiger partial charge in [0.2, 0.25) is 5.82 Å². The van der Waals surface area contributed by atoms with E-state index in [2.05, 4.69) is 25.3 Å². The number of unbranched alkanes of at least 4 members (excludes halogenated alkanes) is 1. The van der Waals surface area contributed by atoms with Gasteiger partial charge < -0.3 is 10.1 Å². The maximum Gasteiger partial charge on any atom is 0.325 e. The van der Waals surface area contributed by atoms with Crippen molar-refractivity contribution in [2.45, 2.75) is 37.4 Å². The summed E-state index contributed by atoms with van der Waals surface area (Å²) in [4.78, 5) is 34.1. The van der Waals surface area contributed by atoms with Crippen molar-refractivity contribution in [3.05, 3.63) is 32.9 Å². The first-order valence-corrected chi connectivity index (χ1v) is 7.50. The van der Waals surface area contributed by atoms with E-state index >= 15 is 0 Å². The van der Waals surface area contributed by atoms with Crippen LogP contribution in [-0.4, -0.2) is 32.0 Å². The van der Waals surface area contributed by atoms with Crippen LogP contribution in [0.1, 0.15) is 32.1 Å². The Morgan fingerprint density at radius 2 is 2.00 bits per heavy atom. The number of halogens is 1. The number of hydrogen-bond donors (Lipinski definition) is 5. The summed E-state index contributed by atoms with van der Waals surface area (Å²) in [5.41, 5.74) is -1.71. The van der Waals surface area contributed by atoms with E-state index in [1.807, 2.05) is 4.98 Å². The number of H-pyrrole nitrogens is 2. The summed E-state index contributed by atoms with van der Waals surface area (Å²) in [6.07, 6.45) is 4.70. The van der Waals surface area contributed by atoms with Crippen LogP contribution in [0.2, 0.25) is 0 Å². The van der Waals surface area contributed by atoms with Crippen LogP contribution >= 0.6 is 25.3 Å². The van der Waals surface area contributed by atoms with Gasteiger partial charge in [0.15, 0.2) is 0 Å². The number of aromatic nitrogens is 2. The van der Waals surface area contributed by atoms with Crippen molar-refractivity contribution in [3.8, 4) is 0 Å². The van der Waals surface area contributed by atoms with Crippen molar-refractivity contribution in [1.29, 1.82) is 0 Å². The van der Waals surface area contributed by atoms with Gasteiger partial charge in [-0.25, -0.2) is 4.79 Å². The lowest BCUT2D eigenvalue weighted by atomic mass is 10.1. The molecule has 1 rings (SSSR count). The average molecular weight is 338 g/mol. The highest BCUT2D eigenvalue weighted by atomic mass is 32.1. The highest BCUT2D eigenvalue weighted by molar-refractivity contribution is 7.81. The van der Waals surface area contributed by atoms with Crippen molar-refractivity contribution in [3.63, 3.8) is 0 Å². The smallest absolute Gasteiger partial charge is 0.325 e. The van der Waals surface area contributed by atoms with Crippen LogP contribution in [0.15, 0.2) is 15.8 Å². The van der Waals surface area contributed by atoms with Gasteiger partial charge in [0.1, 0.15) is 0 Å². The zero-order chi connectivity index (χ0) is 16.3. The van der Waals surface area contributed by atoms with E-state index in [-0.39, 0.29) is 6.42 Å². The topological polar surface area (TPSA) is 103 Å². The van der Waals surface area contributed by atoms with Gasteiger partial charge in [0.05, 0.1) is 0 Å². The summed E-state index contributed by atoms with van der Waals surface area (Å²) in [5, 5.41) is 8.74. The van der Waals surface area contributed by atoms with Crippen LogP contribution in [0.4, 0.5) is 4.39 Å². The number of carboxylic acids is 1. The first kappa shape index (κ1) is 19.8. The van der Waals surface area contributed by atoms with Crippen LogP contribution in [-0.2, 0) is 4.79 Å². The standard InChI is InChI=1S/C8H16O2S2.C4H3FN2O2/c9-8(10)4-2-1-3-7(12)5-6-11;5-2-1-6-4(9)7-3(2)8/h7,11-12H,1-6H2,(H,9,10);1H,(H2,6,7,8,9). The minimum Gasteiger partial charge on any atom is -0.481 e. The molecule has 1 aromatic heterocycles. The summed E-state index contributed by atoms with van der Waals surface area (Å²) in [6.45, 7) is 0. The monoisotopic (exact) mass is 338 g/mol. The summed E-state index contributed by atoms with van der Waals surface area (Å²) < 4.78 is 12.0. The van der Waals surface area contributed by atoms with E-state index in [1.165, 1.54) is 0 Å². The molecule has 0 fully saturated rings. The highest BCUT2D eigenvalue weighted by Crippen LogP contribution is 2.12. The molecule has 1 aromatic rings. The maximum atomic E-state index is 12.0. The first-order valence-electron chi connectivity index (χ1n) is 6.35. The summed E-state index contributed by atoms with van der Waals surface area (Å²) in [5.74, 6) is -0.845. The molecule has 0 amide bonds. The second kappa shape index (κ2) is 11.4. The van der Waals surface area contributed by atoms with E-state index in [9.17, 15) is 18.8 Å². The number of carboxylic acid groups (broad SMARTS) is 1. The number of carbonyl (C=O) groups is 1. The quantitative estimate of drug-likeness (QED) is 0.383. The molecule has 0 saturated carbocycles. The Kier molecular flexibility index (Phi) is 10.8. The van der Waals surface area contributed by atoms with Crippen molar-refractivity contribution in [2.75, 3.05) is 5.75 Å². The Bertz CT molecular complexity index is 532. The Hall–Kier alpha value is -1.22. The Labute approximate surface area is 132 Å². The lowest BCUT2D eigenvalue weighted by molar-refractivity contribution is -0.137. The molecule has 3 N–H and O–H groups in total. The van der Waals surface area contributed by atoms with Gasteiger partial charge in [-0.2, -0.15) is 29.6 Å². The molecule has 21 heavy (non-hydrogen) atoms. The molecule has 9 heteroatoms. The van der Waals surface area contributed by atoms with Gasteiger partial charge in [0.25, 0.3) is 5.56 Å². The molecule has 1 heterocycles. The molecule has 0 aliphatic rings. The van der Waals surface area contributed by atoms with Crippen LogP contribution in [0.5, 0.6) is 0 Å². The van der Waals surface area contributed by atoms with E-state index in [4.69, 9.17) is 5.11 Å². The highest BCUT2D eigenvalue weighted by Gasteiger charge is 2.02. The van der Waals surface area contributed by atoms with Crippen molar-refractivity contribution in [1.82, 2.24) is 9.97 Å². The minimum atomic E-state index is -1.00. The number of aliphatic carboxylic acids is 1. The van der Waals surface area contributed by atoms with Crippen molar-refractivity contribution >= 4 is 31.2 Å². The fourth-order valence-electron chi connectivity index (χ4n) is 1.34. The third-order valence-electron chi connectivity index (χ3n) is 2.41. The molecule has 1 atom stereocenters. The van der Waals surface area contributed by atoms with E-state index in [0.717, 1.165) is 31.4 Å². The van der Waals surface area contributed by atoms with Crippen LogP contribution in [0.25, 0.3) is 0 Å². The Morgan fingerprint density at radius 1 is 1.33 bits per heavy atom. The molecule has 0 aliphatic carbocycles. The van der Waals surface area contributed by atoms with Crippen LogP contribution < -0.4 is 11.2 Å². The average Bonchev–Trinajstić information content (AvgIpc) is 2.40. The predicted octanol–water partition coefficient (Wildman–Crippen LogP) is 1.45. The molecule has 0 bridgehead atoms. The molecular weight excluding hydrogens is 319 g/mol. The number of aromatic amines is 2.